The van der Waals surface area contributed by atoms with Gasteiger partial charge in [0.2, 0.25) is 0 Å². The third-order valence-electron chi connectivity index (χ3n) is 2.39. The Morgan fingerprint density at radius 2 is 2.07 bits per heavy atom. The summed E-state index contributed by atoms with van der Waals surface area (Å²) >= 11 is 0. The van der Waals surface area contributed by atoms with Crippen molar-refractivity contribution >= 4 is 0 Å². The molecule has 0 radical (unpaired) electrons. The first-order chi connectivity index (χ1) is 6.69. The maximum atomic E-state index is 5.53. The third-order valence-corrected chi connectivity index (χ3v) is 2.39. The normalized spacial score (nSPS) is 10.6. The minimum absolute atomic E-state index is 0.538. The molecule has 0 atom stereocenters. The van der Waals surface area contributed by atoms with Crippen LogP contribution in [0.1, 0.15) is 30.9 Å². The molecule has 1 aromatic rings. The van der Waals surface area contributed by atoms with Crippen LogP contribution < -0.4 is 10.5 Å². The summed E-state index contributed by atoms with van der Waals surface area (Å²) in [7, 11) is 1.71. The molecule has 0 fully saturated rings. The van der Waals surface area contributed by atoms with Gasteiger partial charge in [0.05, 0.1) is 7.11 Å². The summed E-state index contributed by atoms with van der Waals surface area (Å²) in [4.78, 5) is 0. The van der Waals surface area contributed by atoms with E-state index in [1.807, 2.05) is 0 Å². The van der Waals surface area contributed by atoms with Crippen LogP contribution >= 0.6 is 0 Å². The quantitative estimate of drug-likeness (QED) is 0.796. The summed E-state index contributed by atoms with van der Waals surface area (Å²) in [5, 5.41) is 0. The van der Waals surface area contributed by atoms with Gasteiger partial charge >= 0.3 is 0 Å². The highest BCUT2D eigenvalue weighted by molar-refractivity contribution is 5.38. The van der Waals surface area contributed by atoms with E-state index in [4.69, 9.17) is 10.5 Å². The van der Waals surface area contributed by atoms with Crippen molar-refractivity contribution in [2.24, 2.45) is 5.73 Å². The fourth-order valence-corrected chi connectivity index (χ4v) is 1.48. The van der Waals surface area contributed by atoms with Gasteiger partial charge < -0.3 is 10.5 Å². The van der Waals surface area contributed by atoms with E-state index in [0.29, 0.717) is 12.5 Å². The van der Waals surface area contributed by atoms with Crippen LogP contribution in [0.4, 0.5) is 0 Å². The predicted molar refractivity (Wildman–Crippen MR) is 59.8 cm³/mol. The zero-order chi connectivity index (χ0) is 10.6. The van der Waals surface area contributed by atoms with E-state index in [-0.39, 0.29) is 0 Å². The number of hydrogen-bond donors (Lipinski definition) is 1. The van der Waals surface area contributed by atoms with E-state index < -0.39 is 0 Å². The van der Waals surface area contributed by atoms with Crippen LogP contribution in [-0.2, 0) is 6.42 Å². The van der Waals surface area contributed by atoms with Crippen molar-refractivity contribution in [1.29, 1.82) is 0 Å². The van der Waals surface area contributed by atoms with Gasteiger partial charge in [-0.15, -0.1) is 0 Å². The van der Waals surface area contributed by atoms with Gasteiger partial charge in [0.15, 0.2) is 0 Å². The molecule has 0 aliphatic rings. The van der Waals surface area contributed by atoms with Gasteiger partial charge in [-0.25, -0.2) is 0 Å². The van der Waals surface area contributed by atoms with E-state index in [0.717, 1.165) is 12.2 Å². The number of benzene rings is 1. The number of ether oxygens (including phenoxy) is 1. The first-order valence-electron chi connectivity index (χ1n) is 5.06. The maximum Gasteiger partial charge on any atom is 0.122 e. The van der Waals surface area contributed by atoms with E-state index in [9.17, 15) is 0 Å². The zero-order valence-electron chi connectivity index (χ0n) is 9.21. The molecule has 0 amide bonds. The second kappa shape index (κ2) is 5.01. The molecule has 0 aromatic heterocycles. The average Bonchev–Trinajstić information content (AvgIpc) is 2.18. The molecule has 0 aliphatic carbocycles. The number of rotatable bonds is 4. The number of nitrogens with two attached hydrogens (primary N) is 1. The molecule has 0 bridgehead atoms. The Kier molecular flexibility index (Phi) is 3.96. The van der Waals surface area contributed by atoms with Gasteiger partial charge in [-0.3, -0.25) is 0 Å². The van der Waals surface area contributed by atoms with Crippen molar-refractivity contribution in [3.63, 3.8) is 0 Å². The van der Waals surface area contributed by atoms with Gasteiger partial charge in [0, 0.05) is 0 Å². The maximum absolute atomic E-state index is 5.53. The lowest BCUT2D eigenvalue weighted by atomic mass is 10.00. The van der Waals surface area contributed by atoms with Gasteiger partial charge in [-0.2, -0.15) is 0 Å². The molecule has 0 spiro atoms. The second-order valence-corrected chi connectivity index (χ2v) is 3.76. The van der Waals surface area contributed by atoms with Crippen LogP contribution in [0.5, 0.6) is 5.75 Å². The fraction of sp³-hybridized carbons (Fsp3) is 0.500. The molecule has 2 heteroatoms. The monoisotopic (exact) mass is 193 g/mol. The summed E-state index contributed by atoms with van der Waals surface area (Å²) in [6.45, 7) is 5.02. The molecule has 14 heavy (non-hydrogen) atoms. The van der Waals surface area contributed by atoms with E-state index in [1.165, 1.54) is 11.1 Å². The molecule has 2 N–H and O–H groups in total. The molecule has 0 aliphatic heterocycles. The molecule has 0 heterocycles. The zero-order valence-corrected chi connectivity index (χ0v) is 9.21. The predicted octanol–water partition coefficient (Wildman–Crippen LogP) is 2.32. The van der Waals surface area contributed by atoms with E-state index >= 15 is 0 Å². The van der Waals surface area contributed by atoms with Gasteiger partial charge in [0.25, 0.3) is 0 Å². The highest BCUT2D eigenvalue weighted by atomic mass is 16.5. The molecular formula is C12H19NO. The first kappa shape index (κ1) is 11.1. The Hall–Kier alpha value is -1.02. The SMILES string of the molecule is COc1cc(C(C)C)ccc1CCN. The smallest absolute Gasteiger partial charge is 0.122 e. The molecule has 2 nitrogen and oxygen atoms in total. The Balaban J connectivity index is 2.98. The molecule has 78 valence electrons. The van der Waals surface area contributed by atoms with Crippen LogP contribution in [0.2, 0.25) is 0 Å². The van der Waals surface area contributed by atoms with Crippen LogP contribution in [0, 0.1) is 0 Å². The molecule has 0 saturated carbocycles. The van der Waals surface area contributed by atoms with Gasteiger partial charge in [0.1, 0.15) is 5.75 Å². The minimum Gasteiger partial charge on any atom is -0.496 e. The van der Waals surface area contributed by atoms with Crippen molar-refractivity contribution in [2.75, 3.05) is 13.7 Å². The fourth-order valence-electron chi connectivity index (χ4n) is 1.48. The van der Waals surface area contributed by atoms with Crippen LogP contribution in [0.25, 0.3) is 0 Å². The Labute approximate surface area is 86.1 Å². The van der Waals surface area contributed by atoms with Crippen LogP contribution in [0.3, 0.4) is 0 Å². The largest absolute Gasteiger partial charge is 0.496 e. The standard InChI is InChI=1S/C12H19NO/c1-9(2)11-5-4-10(6-7-13)12(8-11)14-3/h4-5,8-9H,6-7,13H2,1-3H3. The summed E-state index contributed by atoms with van der Waals surface area (Å²) in [6, 6.07) is 6.37. The van der Waals surface area contributed by atoms with Crippen LogP contribution in [0.15, 0.2) is 18.2 Å². The lowest BCUT2D eigenvalue weighted by Crippen LogP contribution is -2.04. The Morgan fingerprint density at radius 3 is 2.57 bits per heavy atom. The summed E-state index contributed by atoms with van der Waals surface area (Å²) in [6.07, 6.45) is 0.877. The summed E-state index contributed by atoms with van der Waals surface area (Å²) < 4.78 is 5.33. The number of hydrogen-bond acceptors (Lipinski definition) is 2. The highest BCUT2D eigenvalue weighted by Gasteiger charge is 2.05. The van der Waals surface area contributed by atoms with E-state index in [2.05, 4.69) is 32.0 Å². The van der Waals surface area contributed by atoms with Gasteiger partial charge in [-0.05, 0) is 36.1 Å². The number of methoxy groups -OCH3 is 1. The van der Waals surface area contributed by atoms with Crippen molar-refractivity contribution < 1.29 is 4.74 Å². The average molecular weight is 193 g/mol. The topological polar surface area (TPSA) is 35.2 Å². The lowest BCUT2D eigenvalue weighted by molar-refractivity contribution is 0.409. The first-order valence-corrected chi connectivity index (χ1v) is 5.06. The van der Waals surface area contributed by atoms with E-state index in [1.54, 1.807) is 7.11 Å². The molecule has 1 aromatic carbocycles. The van der Waals surface area contributed by atoms with Crippen molar-refractivity contribution in [1.82, 2.24) is 0 Å². The summed E-state index contributed by atoms with van der Waals surface area (Å²) in [5.41, 5.74) is 8.03. The molecule has 0 unspecified atom stereocenters. The molecular weight excluding hydrogens is 174 g/mol. The second-order valence-electron chi connectivity index (χ2n) is 3.76. The lowest BCUT2D eigenvalue weighted by Gasteiger charge is -2.11. The van der Waals surface area contributed by atoms with Crippen LogP contribution in [-0.4, -0.2) is 13.7 Å². The molecule has 1 rings (SSSR count). The van der Waals surface area contributed by atoms with Crippen molar-refractivity contribution in [2.45, 2.75) is 26.2 Å². The molecule has 0 saturated heterocycles. The Bertz CT molecular complexity index is 294. The third kappa shape index (κ3) is 2.48. The van der Waals surface area contributed by atoms with Gasteiger partial charge in [-0.1, -0.05) is 26.0 Å². The van der Waals surface area contributed by atoms with Crippen molar-refractivity contribution in [3.8, 4) is 5.75 Å². The Morgan fingerprint density at radius 1 is 1.36 bits per heavy atom. The van der Waals surface area contributed by atoms with Crippen molar-refractivity contribution in [3.05, 3.63) is 29.3 Å². The minimum atomic E-state index is 0.538. The highest BCUT2D eigenvalue weighted by Crippen LogP contribution is 2.24. The summed E-state index contributed by atoms with van der Waals surface area (Å²) in [5.74, 6) is 1.50.